The number of rotatable bonds is 4. The van der Waals surface area contributed by atoms with Gasteiger partial charge < -0.3 is 5.32 Å². The van der Waals surface area contributed by atoms with Crippen LogP contribution >= 0.6 is 0 Å². The Labute approximate surface area is 105 Å². The summed E-state index contributed by atoms with van der Waals surface area (Å²) in [5.41, 5.74) is 0.162. The van der Waals surface area contributed by atoms with E-state index in [0.29, 0.717) is 5.92 Å². The van der Waals surface area contributed by atoms with Gasteiger partial charge in [-0.3, -0.25) is 10.1 Å². The molecule has 2 atom stereocenters. The summed E-state index contributed by atoms with van der Waals surface area (Å²) in [6, 6.07) is 3.83. The minimum absolute atomic E-state index is 0.0797. The molecule has 98 valence electrons. The van der Waals surface area contributed by atoms with E-state index in [1.54, 1.807) is 0 Å². The van der Waals surface area contributed by atoms with Crippen LogP contribution in [0.4, 0.5) is 15.8 Å². The van der Waals surface area contributed by atoms with Gasteiger partial charge in [0.25, 0.3) is 5.69 Å². The van der Waals surface area contributed by atoms with Crippen LogP contribution in [0.25, 0.3) is 0 Å². The number of hydrogen-bond donors (Lipinski definition) is 1. The molecule has 1 N–H and O–H groups in total. The highest BCUT2D eigenvalue weighted by Crippen LogP contribution is 2.31. The van der Waals surface area contributed by atoms with Crippen LogP contribution in [0.1, 0.15) is 32.6 Å². The standard InChI is InChI=1S/C13H17FN2O2/c1-2-9-3-4-10(7-9)15-13-8-11(16(17)18)5-6-12(13)14/h5-6,8-10,15H,2-4,7H2,1H3. The predicted molar refractivity (Wildman–Crippen MR) is 68.1 cm³/mol. The van der Waals surface area contributed by atoms with Crippen LogP contribution in [0.5, 0.6) is 0 Å². The van der Waals surface area contributed by atoms with Gasteiger partial charge in [0.05, 0.1) is 10.6 Å². The normalized spacial score (nSPS) is 23.0. The Kier molecular flexibility index (Phi) is 3.79. The molecule has 0 saturated heterocycles. The van der Waals surface area contributed by atoms with E-state index in [0.717, 1.165) is 31.7 Å². The van der Waals surface area contributed by atoms with Crippen LogP contribution in [0, 0.1) is 21.8 Å². The Balaban J connectivity index is 2.09. The summed E-state index contributed by atoms with van der Waals surface area (Å²) >= 11 is 0. The van der Waals surface area contributed by atoms with E-state index < -0.39 is 10.7 Å². The smallest absolute Gasteiger partial charge is 0.271 e. The average molecular weight is 252 g/mol. The Morgan fingerprint density at radius 3 is 2.89 bits per heavy atom. The van der Waals surface area contributed by atoms with Gasteiger partial charge in [0.2, 0.25) is 0 Å². The van der Waals surface area contributed by atoms with Crippen molar-refractivity contribution < 1.29 is 9.31 Å². The molecule has 1 aliphatic rings. The minimum atomic E-state index is -0.506. The fraction of sp³-hybridized carbons (Fsp3) is 0.538. The molecule has 1 fully saturated rings. The van der Waals surface area contributed by atoms with E-state index in [1.165, 1.54) is 12.1 Å². The van der Waals surface area contributed by atoms with Crippen LogP contribution < -0.4 is 5.32 Å². The van der Waals surface area contributed by atoms with Crippen LogP contribution in [0.15, 0.2) is 18.2 Å². The average Bonchev–Trinajstić information content (AvgIpc) is 2.79. The molecule has 0 heterocycles. The van der Waals surface area contributed by atoms with E-state index in [2.05, 4.69) is 12.2 Å². The highest BCUT2D eigenvalue weighted by atomic mass is 19.1. The Morgan fingerprint density at radius 1 is 1.50 bits per heavy atom. The fourth-order valence-electron chi connectivity index (χ4n) is 2.53. The molecular formula is C13H17FN2O2. The third-order valence-electron chi connectivity index (χ3n) is 3.64. The first-order chi connectivity index (χ1) is 8.60. The van der Waals surface area contributed by atoms with Gasteiger partial charge in [-0.2, -0.15) is 0 Å². The number of nitro groups is 1. The lowest BCUT2D eigenvalue weighted by molar-refractivity contribution is -0.384. The number of hydrogen-bond acceptors (Lipinski definition) is 3. The molecule has 4 nitrogen and oxygen atoms in total. The van der Waals surface area contributed by atoms with Gasteiger partial charge in [-0.25, -0.2) is 4.39 Å². The first-order valence-corrected chi connectivity index (χ1v) is 6.30. The number of non-ortho nitro benzene ring substituents is 1. The summed E-state index contributed by atoms with van der Waals surface area (Å²) in [6.07, 6.45) is 4.29. The second-order valence-electron chi connectivity index (χ2n) is 4.85. The molecule has 0 aliphatic heterocycles. The lowest BCUT2D eigenvalue weighted by Gasteiger charge is -2.14. The number of nitrogens with zero attached hydrogens (tertiary/aromatic N) is 1. The van der Waals surface area contributed by atoms with Crippen molar-refractivity contribution in [1.82, 2.24) is 0 Å². The van der Waals surface area contributed by atoms with E-state index >= 15 is 0 Å². The summed E-state index contributed by atoms with van der Waals surface area (Å²) in [4.78, 5) is 10.1. The molecule has 5 heteroatoms. The molecule has 0 spiro atoms. The van der Waals surface area contributed by atoms with E-state index in [-0.39, 0.29) is 17.4 Å². The number of nitro benzene ring substituents is 1. The predicted octanol–water partition coefficient (Wildman–Crippen LogP) is 3.72. The van der Waals surface area contributed by atoms with E-state index in [1.807, 2.05) is 0 Å². The van der Waals surface area contributed by atoms with E-state index in [4.69, 9.17) is 0 Å². The lowest BCUT2D eigenvalue weighted by atomic mass is 10.1. The molecule has 0 bridgehead atoms. The summed E-state index contributed by atoms with van der Waals surface area (Å²) in [7, 11) is 0. The zero-order valence-electron chi connectivity index (χ0n) is 10.4. The highest BCUT2D eigenvalue weighted by Gasteiger charge is 2.24. The second-order valence-corrected chi connectivity index (χ2v) is 4.85. The quantitative estimate of drug-likeness (QED) is 0.656. The van der Waals surface area contributed by atoms with Crippen LogP contribution in [0.3, 0.4) is 0 Å². The van der Waals surface area contributed by atoms with Crippen molar-refractivity contribution in [2.24, 2.45) is 5.92 Å². The summed E-state index contributed by atoms with van der Waals surface area (Å²) < 4.78 is 13.6. The SMILES string of the molecule is CCC1CCC(Nc2cc([N+](=O)[O-])ccc2F)C1. The summed E-state index contributed by atoms with van der Waals surface area (Å²) in [6.45, 7) is 2.15. The maximum Gasteiger partial charge on any atom is 0.271 e. The van der Waals surface area contributed by atoms with Gasteiger partial charge in [0.1, 0.15) is 5.82 Å². The van der Waals surface area contributed by atoms with Crippen molar-refractivity contribution >= 4 is 11.4 Å². The molecule has 0 amide bonds. The lowest BCUT2D eigenvalue weighted by Crippen LogP contribution is -2.16. The molecule has 1 aromatic rings. The van der Waals surface area contributed by atoms with E-state index in [9.17, 15) is 14.5 Å². The first-order valence-electron chi connectivity index (χ1n) is 6.30. The third kappa shape index (κ3) is 2.78. The maximum atomic E-state index is 13.6. The van der Waals surface area contributed by atoms with Gasteiger partial charge in [-0.1, -0.05) is 13.3 Å². The molecule has 2 unspecified atom stereocenters. The van der Waals surface area contributed by atoms with Crippen molar-refractivity contribution in [3.05, 3.63) is 34.1 Å². The van der Waals surface area contributed by atoms with Crippen molar-refractivity contribution in [2.75, 3.05) is 5.32 Å². The van der Waals surface area contributed by atoms with Crippen LogP contribution in [0.2, 0.25) is 0 Å². The molecule has 1 aliphatic carbocycles. The van der Waals surface area contributed by atoms with Crippen molar-refractivity contribution in [3.63, 3.8) is 0 Å². The number of nitrogens with one attached hydrogen (secondary N) is 1. The van der Waals surface area contributed by atoms with Crippen molar-refractivity contribution in [2.45, 2.75) is 38.6 Å². The molecule has 0 radical (unpaired) electrons. The van der Waals surface area contributed by atoms with Gasteiger partial charge >= 0.3 is 0 Å². The Morgan fingerprint density at radius 2 is 2.28 bits per heavy atom. The zero-order valence-corrected chi connectivity index (χ0v) is 10.4. The van der Waals surface area contributed by atoms with Crippen molar-refractivity contribution in [3.8, 4) is 0 Å². The molecule has 1 saturated carbocycles. The van der Waals surface area contributed by atoms with Gasteiger partial charge in [0.15, 0.2) is 0 Å². The topological polar surface area (TPSA) is 55.2 Å². The van der Waals surface area contributed by atoms with Crippen molar-refractivity contribution in [1.29, 1.82) is 0 Å². The highest BCUT2D eigenvalue weighted by molar-refractivity contribution is 5.52. The first kappa shape index (κ1) is 12.8. The van der Waals surface area contributed by atoms with Crippen LogP contribution in [-0.4, -0.2) is 11.0 Å². The Bertz CT molecular complexity index is 451. The van der Waals surface area contributed by atoms with Gasteiger partial charge in [-0.05, 0) is 31.2 Å². The van der Waals surface area contributed by atoms with Crippen LogP contribution in [-0.2, 0) is 0 Å². The molecule has 18 heavy (non-hydrogen) atoms. The molecule has 2 rings (SSSR count). The third-order valence-corrected chi connectivity index (χ3v) is 3.64. The monoisotopic (exact) mass is 252 g/mol. The minimum Gasteiger partial charge on any atom is -0.380 e. The molecule has 1 aromatic carbocycles. The zero-order chi connectivity index (χ0) is 13.1. The number of halogens is 1. The Hall–Kier alpha value is -1.65. The second kappa shape index (κ2) is 5.33. The van der Waals surface area contributed by atoms with Gasteiger partial charge in [0, 0.05) is 18.2 Å². The maximum absolute atomic E-state index is 13.6. The number of benzene rings is 1. The fourth-order valence-corrected chi connectivity index (χ4v) is 2.53. The number of anilines is 1. The molecule has 0 aromatic heterocycles. The van der Waals surface area contributed by atoms with Gasteiger partial charge in [-0.15, -0.1) is 0 Å². The largest absolute Gasteiger partial charge is 0.380 e. The summed E-state index contributed by atoms with van der Waals surface area (Å²) in [5, 5.41) is 13.7. The molecular weight excluding hydrogens is 235 g/mol. The summed E-state index contributed by atoms with van der Waals surface area (Å²) in [5.74, 6) is 0.254.